The molecule has 0 aromatic heterocycles. The van der Waals surface area contributed by atoms with Crippen LogP contribution in [-0.4, -0.2) is 5.97 Å². The van der Waals surface area contributed by atoms with Gasteiger partial charge in [-0.05, 0) is 5.56 Å². The number of esters is 1. The van der Waals surface area contributed by atoms with Gasteiger partial charge in [0.1, 0.15) is 5.60 Å². The number of ether oxygens (including phenoxy) is 1. The quantitative estimate of drug-likeness (QED) is 0.632. The highest BCUT2D eigenvalue weighted by Crippen LogP contribution is 2.70. The minimum Gasteiger partial charge on any atom is -0.454 e. The summed E-state index contributed by atoms with van der Waals surface area (Å²) in [4.78, 5) is 11.2. The van der Waals surface area contributed by atoms with Crippen LogP contribution in [0.15, 0.2) is 30.3 Å². The predicted octanol–water partition coefficient (Wildman–Crippen LogP) is 2.24. The first kappa shape index (κ1) is 8.04. The van der Waals surface area contributed by atoms with Crippen molar-refractivity contribution in [3.8, 4) is 0 Å². The SMILES string of the molecule is C[C@]12CC(=O)O[C@@]1(c1ccccc1)C2. The van der Waals surface area contributed by atoms with Crippen LogP contribution < -0.4 is 0 Å². The fraction of sp³-hybridized carbons (Fsp3) is 0.417. The summed E-state index contributed by atoms with van der Waals surface area (Å²) in [6.07, 6.45) is 1.55. The van der Waals surface area contributed by atoms with Crippen LogP contribution in [-0.2, 0) is 15.1 Å². The normalized spacial score (nSPS) is 39.1. The molecule has 0 unspecified atom stereocenters. The van der Waals surface area contributed by atoms with Crippen molar-refractivity contribution < 1.29 is 9.53 Å². The van der Waals surface area contributed by atoms with E-state index in [0.717, 1.165) is 12.0 Å². The molecule has 0 radical (unpaired) electrons. The van der Waals surface area contributed by atoms with Crippen molar-refractivity contribution in [3.63, 3.8) is 0 Å². The number of hydrogen-bond donors (Lipinski definition) is 0. The van der Waals surface area contributed by atoms with Crippen molar-refractivity contribution in [1.29, 1.82) is 0 Å². The molecule has 14 heavy (non-hydrogen) atoms. The average molecular weight is 188 g/mol. The van der Waals surface area contributed by atoms with Gasteiger partial charge in [-0.15, -0.1) is 0 Å². The summed E-state index contributed by atoms with van der Waals surface area (Å²) in [5, 5.41) is 0. The second-order valence-electron chi connectivity index (χ2n) is 4.58. The second kappa shape index (κ2) is 2.19. The van der Waals surface area contributed by atoms with Crippen molar-refractivity contribution in [2.75, 3.05) is 0 Å². The lowest BCUT2D eigenvalue weighted by atomic mass is 9.97. The summed E-state index contributed by atoms with van der Waals surface area (Å²) >= 11 is 0. The number of rotatable bonds is 1. The van der Waals surface area contributed by atoms with E-state index in [0.29, 0.717) is 6.42 Å². The van der Waals surface area contributed by atoms with Gasteiger partial charge in [-0.25, -0.2) is 0 Å². The van der Waals surface area contributed by atoms with Crippen LogP contribution in [0.4, 0.5) is 0 Å². The molecule has 1 saturated heterocycles. The Morgan fingerprint density at radius 3 is 2.57 bits per heavy atom. The van der Waals surface area contributed by atoms with E-state index >= 15 is 0 Å². The summed E-state index contributed by atoms with van der Waals surface area (Å²) in [6.45, 7) is 2.13. The molecule has 1 aromatic carbocycles. The minimum absolute atomic E-state index is 0.0531. The van der Waals surface area contributed by atoms with Gasteiger partial charge in [0.2, 0.25) is 0 Å². The van der Waals surface area contributed by atoms with E-state index in [1.807, 2.05) is 30.3 Å². The third-order valence-corrected chi connectivity index (χ3v) is 3.55. The third-order valence-electron chi connectivity index (χ3n) is 3.55. The van der Waals surface area contributed by atoms with Gasteiger partial charge >= 0.3 is 5.97 Å². The Labute approximate surface area is 82.9 Å². The average Bonchev–Trinajstić information content (AvgIpc) is 2.64. The van der Waals surface area contributed by atoms with Gasteiger partial charge < -0.3 is 4.74 Å². The Kier molecular flexibility index (Phi) is 1.26. The van der Waals surface area contributed by atoms with E-state index in [4.69, 9.17) is 4.74 Å². The summed E-state index contributed by atoms with van der Waals surface area (Å²) in [5.41, 5.74) is 0.921. The van der Waals surface area contributed by atoms with E-state index in [2.05, 4.69) is 6.92 Å². The molecule has 2 fully saturated rings. The maximum Gasteiger partial charge on any atom is 0.307 e. The molecular weight excluding hydrogens is 176 g/mol. The van der Waals surface area contributed by atoms with Crippen LogP contribution >= 0.6 is 0 Å². The maximum absolute atomic E-state index is 11.2. The number of fused-ring (bicyclic) bond motifs is 1. The van der Waals surface area contributed by atoms with Crippen molar-refractivity contribution in [2.24, 2.45) is 5.41 Å². The zero-order chi connectivity index (χ0) is 9.81. The molecule has 0 spiro atoms. The van der Waals surface area contributed by atoms with Crippen molar-refractivity contribution in [1.82, 2.24) is 0 Å². The van der Waals surface area contributed by atoms with Gasteiger partial charge in [-0.1, -0.05) is 37.3 Å². The van der Waals surface area contributed by atoms with Gasteiger partial charge in [-0.2, -0.15) is 0 Å². The first-order valence-electron chi connectivity index (χ1n) is 4.94. The van der Waals surface area contributed by atoms with Crippen molar-refractivity contribution >= 4 is 5.97 Å². The van der Waals surface area contributed by atoms with Crippen LogP contribution in [0.2, 0.25) is 0 Å². The van der Waals surface area contributed by atoms with E-state index in [-0.39, 0.29) is 17.0 Å². The zero-order valence-electron chi connectivity index (χ0n) is 8.12. The Morgan fingerprint density at radius 2 is 2.00 bits per heavy atom. The van der Waals surface area contributed by atoms with Gasteiger partial charge in [-0.3, -0.25) is 4.79 Å². The molecule has 2 atom stereocenters. The topological polar surface area (TPSA) is 26.3 Å². The molecule has 2 nitrogen and oxygen atoms in total. The Balaban J connectivity index is 2.05. The molecule has 0 amide bonds. The highest BCUT2D eigenvalue weighted by molar-refractivity contribution is 5.77. The van der Waals surface area contributed by atoms with Gasteiger partial charge in [0.25, 0.3) is 0 Å². The Morgan fingerprint density at radius 1 is 1.29 bits per heavy atom. The Bertz CT molecular complexity index is 398. The van der Waals surface area contributed by atoms with E-state index in [9.17, 15) is 4.79 Å². The highest BCUT2D eigenvalue weighted by atomic mass is 16.6. The fourth-order valence-corrected chi connectivity index (χ4v) is 2.64. The van der Waals surface area contributed by atoms with Gasteiger partial charge in [0.15, 0.2) is 0 Å². The van der Waals surface area contributed by atoms with E-state index in [1.54, 1.807) is 0 Å². The van der Waals surface area contributed by atoms with Gasteiger partial charge in [0, 0.05) is 11.8 Å². The van der Waals surface area contributed by atoms with Gasteiger partial charge in [0.05, 0.1) is 6.42 Å². The van der Waals surface area contributed by atoms with Crippen molar-refractivity contribution in [2.45, 2.75) is 25.4 Å². The molecule has 0 N–H and O–H groups in total. The lowest BCUT2D eigenvalue weighted by molar-refractivity contribution is -0.145. The summed E-state index contributed by atoms with van der Waals surface area (Å²) in [5.74, 6) is -0.0531. The lowest BCUT2D eigenvalue weighted by Crippen LogP contribution is -2.13. The molecule has 1 aliphatic heterocycles. The predicted molar refractivity (Wildman–Crippen MR) is 51.6 cm³/mol. The molecule has 1 saturated carbocycles. The third kappa shape index (κ3) is 0.788. The molecule has 2 heteroatoms. The standard InChI is InChI=1S/C12H12O2/c1-11-7-10(13)14-12(11,8-11)9-5-3-2-4-6-9/h2-6H,7-8H2,1H3/t11-,12-/m1/s1. The molecule has 2 aliphatic rings. The largest absolute Gasteiger partial charge is 0.454 e. The minimum atomic E-state index is -0.286. The van der Waals surface area contributed by atoms with Crippen LogP contribution in [0.5, 0.6) is 0 Å². The van der Waals surface area contributed by atoms with Crippen LogP contribution in [0.3, 0.4) is 0 Å². The summed E-state index contributed by atoms with van der Waals surface area (Å²) in [7, 11) is 0. The molecule has 72 valence electrons. The summed E-state index contributed by atoms with van der Waals surface area (Å²) in [6, 6.07) is 10.1. The number of hydrogen-bond acceptors (Lipinski definition) is 2. The first-order chi connectivity index (χ1) is 6.66. The number of benzene rings is 1. The summed E-state index contributed by atoms with van der Waals surface area (Å²) < 4.78 is 5.47. The van der Waals surface area contributed by atoms with Crippen molar-refractivity contribution in [3.05, 3.63) is 35.9 Å². The molecular formula is C12H12O2. The van der Waals surface area contributed by atoms with E-state index in [1.165, 1.54) is 0 Å². The number of carbonyl (C=O) groups is 1. The van der Waals surface area contributed by atoms with Crippen LogP contribution in [0.25, 0.3) is 0 Å². The van der Waals surface area contributed by atoms with Crippen LogP contribution in [0.1, 0.15) is 25.3 Å². The molecule has 1 aliphatic carbocycles. The first-order valence-corrected chi connectivity index (χ1v) is 4.94. The number of carbonyl (C=O) groups excluding carboxylic acids is 1. The molecule has 1 aromatic rings. The lowest BCUT2D eigenvalue weighted by Gasteiger charge is -2.14. The second-order valence-corrected chi connectivity index (χ2v) is 4.58. The monoisotopic (exact) mass is 188 g/mol. The Hall–Kier alpha value is -1.31. The molecule has 0 bridgehead atoms. The fourth-order valence-electron chi connectivity index (χ4n) is 2.64. The molecule has 1 heterocycles. The highest BCUT2D eigenvalue weighted by Gasteiger charge is 2.73. The zero-order valence-corrected chi connectivity index (χ0v) is 8.12. The smallest absolute Gasteiger partial charge is 0.307 e. The van der Waals surface area contributed by atoms with Crippen LogP contribution in [0, 0.1) is 5.41 Å². The van der Waals surface area contributed by atoms with E-state index < -0.39 is 0 Å². The maximum atomic E-state index is 11.2. The molecule has 3 rings (SSSR count).